The highest BCUT2D eigenvalue weighted by Gasteiger charge is 1.92. The van der Waals surface area contributed by atoms with Gasteiger partial charge in [-0.25, -0.2) is 0 Å². The van der Waals surface area contributed by atoms with Gasteiger partial charge < -0.3 is 4.74 Å². The van der Waals surface area contributed by atoms with Crippen LogP contribution in [-0.2, 0) is 0 Å². The van der Waals surface area contributed by atoms with Crippen LogP contribution in [0.3, 0.4) is 0 Å². The van der Waals surface area contributed by atoms with E-state index in [1.165, 1.54) is 0 Å². The van der Waals surface area contributed by atoms with E-state index in [0.29, 0.717) is 0 Å². The number of hydrogen-bond donors (Lipinski definition) is 0. The minimum absolute atomic E-state index is 0.747. The van der Waals surface area contributed by atoms with Crippen LogP contribution in [0.2, 0.25) is 5.02 Å². The van der Waals surface area contributed by atoms with Crippen molar-refractivity contribution in [3.05, 3.63) is 29.3 Å². The summed E-state index contributed by atoms with van der Waals surface area (Å²) in [6.45, 7) is 0.782. The second-order valence-corrected chi connectivity index (χ2v) is 3.86. The monoisotopic (exact) mass is 296 g/mol. The van der Waals surface area contributed by atoms with Gasteiger partial charge in [-0.1, -0.05) is 34.2 Å². The zero-order chi connectivity index (χ0) is 8.81. The molecule has 0 bridgehead atoms. The molecule has 1 aromatic rings. The number of hydrogen-bond acceptors (Lipinski definition) is 1. The minimum Gasteiger partial charge on any atom is -0.494 e. The zero-order valence-electron chi connectivity index (χ0n) is 6.59. The molecule has 0 saturated heterocycles. The molecular formula is C9H10ClIO. The van der Waals surface area contributed by atoms with Gasteiger partial charge in [0.2, 0.25) is 0 Å². The van der Waals surface area contributed by atoms with Crippen LogP contribution in [0.4, 0.5) is 0 Å². The van der Waals surface area contributed by atoms with Crippen molar-refractivity contribution in [1.82, 2.24) is 0 Å². The first-order valence-electron chi connectivity index (χ1n) is 3.77. The van der Waals surface area contributed by atoms with E-state index in [1.54, 1.807) is 0 Å². The molecule has 12 heavy (non-hydrogen) atoms. The predicted molar refractivity (Wildman–Crippen MR) is 60.5 cm³/mol. The van der Waals surface area contributed by atoms with Crippen molar-refractivity contribution in [3.8, 4) is 5.75 Å². The maximum atomic E-state index is 5.72. The largest absolute Gasteiger partial charge is 0.494 e. The Morgan fingerprint density at radius 3 is 2.50 bits per heavy atom. The van der Waals surface area contributed by atoms with Crippen LogP contribution in [0.1, 0.15) is 6.42 Å². The number of halogens is 2. The lowest BCUT2D eigenvalue weighted by Crippen LogP contribution is -1.96. The molecule has 0 heterocycles. The fourth-order valence-electron chi connectivity index (χ4n) is 0.775. The molecule has 3 heteroatoms. The number of benzene rings is 1. The van der Waals surface area contributed by atoms with Gasteiger partial charge in [0, 0.05) is 9.45 Å². The smallest absolute Gasteiger partial charge is 0.119 e. The van der Waals surface area contributed by atoms with Gasteiger partial charge in [0.05, 0.1) is 6.61 Å². The quantitative estimate of drug-likeness (QED) is 0.469. The lowest BCUT2D eigenvalue weighted by atomic mass is 10.3. The van der Waals surface area contributed by atoms with Crippen LogP contribution in [0.15, 0.2) is 24.3 Å². The van der Waals surface area contributed by atoms with Crippen molar-refractivity contribution < 1.29 is 4.74 Å². The third-order valence-electron chi connectivity index (χ3n) is 1.36. The Morgan fingerprint density at radius 2 is 1.92 bits per heavy atom. The Morgan fingerprint density at radius 1 is 1.25 bits per heavy atom. The summed E-state index contributed by atoms with van der Waals surface area (Å²) in [4.78, 5) is 0. The van der Waals surface area contributed by atoms with E-state index in [2.05, 4.69) is 22.6 Å². The van der Waals surface area contributed by atoms with E-state index in [-0.39, 0.29) is 0 Å². The second kappa shape index (κ2) is 5.65. The molecule has 0 aromatic heterocycles. The Labute approximate surface area is 91.2 Å². The molecule has 1 nitrogen and oxygen atoms in total. The van der Waals surface area contributed by atoms with Gasteiger partial charge in [0.25, 0.3) is 0 Å². The van der Waals surface area contributed by atoms with E-state index in [9.17, 15) is 0 Å². The predicted octanol–water partition coefficient (Wildman–Crippen LogP) is 3.54. The number of alkyl halides is 1. The molecule has 0 fully saturated rings. The summed E-state index contributed by atoms with van der Waals surface area (Å²) in [6, 6.07) is 7.44. The Kier molecular flexibility index (Phi) is 4.76. The van der Waals surface area contributed by atoms with Gasteiger partial charge in [0.15, 0.2) is 0 Å². The zero-order valence-corrected chi connectivity index (χ0v) is 9.51. The highest BCUT2D eigenvalue weighted by atomic mass is 127. The van der Waals surface area contributed by atoms with Gasteiger partial charge >= 0.3 is 0 Å². The standard InChI is InChI=1S/C9H10ClIO/c10-8-2-4-9(5-3-8)12-7-1-6-11/h2-5H,1,6-7H2. The summed E-state index contributed by atoms with van der Waals surface area (Å²) in [5.41, 5.74) is 0. The Bertz CT molecular complexity index is 222. The SMILES string of the molecule is Clc1ccc(OCCCI)cc1. The topological polar surface area (TPSA) is 9.23 Å². The highest BCUT2D eigenvalue weighted by Crippen LogP contribution is 2.15. The fraction of sp³-hybridized carbons (Fsp3) is 0.333. The average Bonchev–Trinajstić information content (AvgIpc) is 2.09. The molecule has 1 aromatic carbocycles. The van der Waals surface area contributed by atoms with Gasteiger partial charge in [-0.05, 0) is 30.7 Å². The van der Waals surface area contributed by atoms with Crippen molar-refractivity contribution in [2.75, 3.05) is 11.0 Å². The summed E-state index contributed by atoms with van der Waals surface area (Å²) in [5.74, 6) is 0.893. The van der Waals surface area contributed by atoms with E-state index >= 15 is 0 Å². The maximum Gasteiger partial charge on any atom is 0.119 e. The van der Waals surface area contributed by atoms with Gasteiger partial charge in [-0.3, -0.25) is 0 Å². The minimum atomic E-state index is 0.747. The van der Waals surface area contributed by atoms with Crippen molar-refractivity contribution in [2.24, 2.45) is 0 Å². The van der Waals surface area contributed by atoms with Crippen molar-refractivity contribution >= 4 is 34.2 Å². The van der Waals surface area contributed by atoms with E-state index in [1.807, 2.05) is 24.3 Å². The van der Waals surface area contributed by atoms with Crippen LogP contribution < -0.4 is 4.74 Å². The van der Waals surface area contributed by atoms with Crippen molar-refractivity contribution in [1.29, 1.82) is 0 Å². The lowest BCUT2D eigenvalue weighted by molar-refractivity contribution is 0.319. The third-order valence-corrected chi connectivity index (χ3v) is 2.38. The van der Waals surface area contributed by atoms with Crippen LogP contribution in [-0.4, -0.2) is 11.0 Å². The fourth-order valence-corrected chi connectivity index (χ4v) is 1.21. The van der Waals surface area contributed by atoms with Crippen molar-refractivity contribution in [3.63, 3.8) is 0 Å². The van der Waals surface area contributed by atoms with Gasteiger partial charge in [-0.15, -0.1) is 0 Å². The molecular weight excluding hydrogens is 286 g/mol. The maximum absolute atomic E-state index is 5.72. The molecule has 0 amide bonds. The van der Waals surface area contributed by atoms with Crippen LogP contribution in [0.25, 0.3) is 0 Å². The van der Waals surface area contributed by atoms with Gasteiger partial charge in [0.1, 0.15) is 5.75 Å². The molecule has 1 rings (SSSR count). The number of rotatable bonds is 4. The molecule has 0 N–H and O–H groups in total. The Balaban J connectivity index is 2.37. The molecule has 0 aliphatic carbocycles. The average molecular weight is 297 g/mol. The Hall–Kier alpha value is 0.0400. The molecule has 0 spiro atoms. The summed E-state index contributed by atoms with van der Waals surface area (Å²) < 4.78 is 6.57. The molecule has 66 valence electrons. The summed E-state index contributed by atoms with van der Waals surface area (Å²) in [7, 11) is 0. The third kappa shape index (κ3) is 3.63. The van der Waals surface area contributed by atoms with E-state index in [4.69, 9.17) is 16.3 Å². The lowest BCUT2D eigenvalue weighted by Gasteiger charge is -2.03. The summed E-state index contributed by atoms with van der Waals surface area (Å²) >= 11 is 8.05. The summed E-state index contributed by atoms with van der Waals surface area (Å²) in [6.07, 6.45) is 1.09. The first-order chi connectivity index (χ1) is 5.83. The first-order valence-corrected chi connectivity index (χ1v) is 5.67. The normalized spacial score (nSPS) is 9.83. The number of ether oxygens (including phenoxy) is 1. The van der Waals surface area contributed by atoms with E-state index < -0.39 is 0 Å². The molecule has 0 unspecified atom stereocenters. The summed E-state index contributed by atoms with van der Waals surface area (Å²) in [5, 5.41) is 0.747. The molecule has 0 atom stereocenters. The highest BCUT2D eigenvalue weighted by molar-refractivity contribution is 14.1. The molecule has 0 aliphatic heterocycles. The first kappa shape index (κ1) is 10.1. The molecule has 0 radical (unpaired) electrons. The van der Waals surface area contributed by atoms with Crippen LogP contribution in [0.5, 0.6) is 5.75 Å². The molecule has 0 aliphatic rings. The van der Waals surface area contributed by atoms with Crippen LogP contribution in [0, 0.1) is 0 Å². The van der Waals surface area contributed by atoms with Crippen LogP contribution >= 0.6 is 34.2 Å². The van der Waals surface area contributed by atoms with Crippen molar-refractivity contribution in [2.45, 2.75) is 6.42 Å². The second-order valence-electron chi connectivity index (χ2n) is 2.34. The van der Waals surface area contributed by atoms with Gasteiger partial charge in [-0.2, -0.15) is 0 Å². The molecule has 0 saturated carbocycles. The van der Waals surface area contributed by atoms with E-state index in [0.717, 1.165) is 28.2 Å².